The van der Waals surface area contributed by atoms with Crippen LogP contribution >= 0.6 is 12.2 Å². The van der Waals surface area contributed by atoms with Crippen LogP contribution in [0.5, 0.6) is 5.75 Å². The number of hydrogen-bond donors (Lipinski definition) is 1. The fraction of sp³-hybridized carbons (Fsp3) is 0.364. The summed E-state index contributed by atoms with van der Waals surface area (Å²) in [5.74, 6) is -1.45. The van der Waals surface area contributed by atoms with Crippen LogP contribution < -0.4 is 10.5 Å². The average Bonchev–Trinajstić information content (AvgIpc) is 2.22. The van der Waals surface area contributed by atoms with Gasteiger partial charge < -0.3 is 10.5 Å². The van der Waals surface area contributed by atoms with Crippen LogP contribution in [-0.2, 0) is 0 Å². The first-order chi connectivity index (χ1) is 7.59. The highest BCUT2D eigenvalue weighted by molar-refractivity contribution is 7.80. The number of ether oxygens (including phenoxy) is 1. The van der Waals surface area contributed by atoms with E-state index >= 15 is 0 Å². The van der Waals surface area contributed by atoms with E-state index in [4.69, 9.17) is 22.7 Å². The molecule has 1 aromatic rings. The van der Waals surface area contributed by atoms with Gasteiger partial charge in [-0.1, -0.05) is 12.2 Å². The largest absolute Gasteiger partial charge is 0.493 e. The molecular formula is C11H13F2NOS. The standard InChI is InChI=1S/C11H13F2NOS/c12-9-5-4-8(7-10(9)13)15-6-2-1-3-11(14)16/h4-5,7H,1-3,6H2,(H2,14,16). The minimum absolute atomic E-state index is 0.328. The Balaban J connectivity index is 2.27. The number of thiocarbonyl (C=S) groups is 1. The van der Waals surface area contributed by atoms with Gasteiger partial charge in [0.1, 0.15) is 5.75 Å². The molecule has 0 aliphatic heterocycles. The number of nitrogens with two attached hydrogens (primary N) is 1. The molecule has 0 heterocycles. The van der Waals surface area contributed by atoms with Crippen LogP contribution in [0.4, 0.5) is 8.78 Å². The first-order valence-electron chi connectivity index (χ1n) is 4.96. The van der Waals surface area contributed by atoms with E-state index in [2.05, 4.69) is 0 Å². The Morgan fingerprint density at radius 2 is 2.00 bits per heavy atom. The van der Waals surface area contributed by atoms with Gasteiger partial charge in [-0.15, -0.1) is 0 Å². The van der Waals surface area contributed by atoms with Gasteiger partial charge in [0.05, 0.1) is 11.6 Å². The predicted molar refractivity (Wildman–Crippen MR) is 62.5 cm³/mol. The monoisotopic (exact) mass is 245 g/mol. The van der Waals surface area contributed by atoms with E-state index in [0.717, 1.165) is 25.0 Å². The fourth-order valence-corrected chi connectivity index (χ4v) is 1.30. The van der Waals surface area contributed by atoms with Crippen molar-refractivity contribution < 1.29 is 13.5 Å². The lowest BCUT2D eigenvalue weighted by molar-refractivity contribution is 0.305. The van der Waals surface area contributed by atoms with Crippen molar-refractivity contribution in [1.29, 1.82) is 0 Å². The van der Waals surface area contributed by atoms with Crippen LogP contribution in [0.1, 0.15) is 19.3 Å². The molecule has 16 heavy (non-hydrogen) atoms. The third kappa shape index (κ3) is 4.53. The molecule has 0 amide bonds. The zero-order valence-corrected chi connectivity index (χ0v) is 9.53. The normalized spacial score (nSPS) is 10.1. The van der Waals surface area contributed by atoms with E-state index in [1.165, 1.54) is 6.07 Å². The van der Waals surface area contributed by atoms with Gasteiger partial charge in [-0.25, -0.2) is 8.78 Å². The van der Waals surface area contributed by atoms with Crippen molar-refractivity contribution in [1.82, 2.24) is 0 Å². The molecule has 0 unspecified atom stereocenters. The molecule has 2 nitrogen and oxygen atoms in total. The second-order valence-corrected chi connectivity index (χ2v) is 3.87. The maximum atomic E-state index is 12.8. The van der Waals surface area contributed by atoms with E-state index < -0.39 is 11.6 Å². The molecule has 1 aromatic carbocycles. The third-order valence-corrected chi connectivity index (χ3v) is 2.18. The number of benzene rings is 1. The Morgan fingerprint density at radius 3 is 2.62 bits per heavy atom. The van der Waals surface area contributed by atoms with Gasteiger partial charge in [0, 0.05) is 6.07 Å². The van der Waals surface area contributed by atoms with Gasteiger partial charge in [0.15, 0.2) is 11.6 Å². The molecule has 0 atom stereocenters. The molecule has 2 N–H and O–H groups in total. The summed E-state index contributed by atoms with van der Waals surface area (Å²) in [6.07, 6.45) is 2.28. The quantitative estimate of drug-likeness (QED) is 0.618. The van der Waals surface area contributed by atoms with Crippen LogP contribution in [0.25, 0.3) is 0 Å². The second kappa shape index (κ2) is 6.37. The van der Waals surface area contributed by atoms with Gasteiger partial charge in [-0.05, 0) is 31.4 Å². The topological polar surface area (TPSA) is 35.2 Å². The SMILES string of the molecule is NC(=S)CCCCOc1ccc(F)c(F)c1. The van der Waals surface area contributed by atoms with E-state index in [1.54, 1.807) is 0 Å². The molecule has 0 bridgehead atoms. The van der Waals surface area contributed by atoms with Crippen LogP contribution in [0.15, 0.2) is 18.2 Å². The number of unbranched alkanes of at least 4 members (excludes halogenated alkanes) is 1. The van der Waals surface area contributed by atoms with Crippen molar-refractivity contribution in [3.8, 4) is 5.75 Å². The molecule has 0 fully saturated rings. The Morgan fingerprint density at radius 1 is 1.25 bits per heavy atom. The summed E-state index contributed by atoms with van der Waals surface area (Å²) < 4.78 is 30.6. The van der Waals surface area contributed by atoms with Crippen molar-refractivity contribution in [3.05, 3.63) is 29.8 Å². The van der Waals surface area contributed by atoms with E-state index in [-0.39, 0.29) is 0 Å². The van der Waals surface area contributed by atoms with Crippen LogP contribution in [0.3, 0.4) is 0 Å². The van der Waals surface area contributed by atoms with Crippen molar-refractivity contribution in [2.24, 2.45) is 5.73 Å². The van der Waals surface area contributed by atoms with Crippen molar-refractivity contribution in [2.45, 2.75) is 19.3 Å². The summed E-state index contributed by atoms with van der Waals surface area (Å²) in [6, 6.07) is 3.47. The molecule has 0 aromatic heterocycles. The van der Waals surface area contributed by atoms with E-state index in [1.807, 2.05) is 0 Å². The second-order valence-electron chi connectivity index (χ2n) is 3.35. The summed E-state index contributed by atoms with van der Waals surface area (Å²) in [5.41, 5.74) is 5.32. The summed E-state index contributed by atoms with van der Waals surface area (Å²) in [6.45, 7) is 0.438. The molecule has 0 aliphatic rings. The van der Waals surface area contributed by atoms with Gasteiger partial charge in [-0.3, -0.25) is 0 Å². The molecule has 88 valence electrons. The summed E-state index contributed by atoms with van der Waals surface area (Å²) in [5, 5.41) is 0. The molecule has 0 spiro atoms. The van der Waals surface area contributed by atoms with Crippen molar-refractivity contribution in [2.75, 3.05) is 6.61 Å². The first kappa shape index (κ1) is 12.8. The lowest BCUT2D eigenvalue weighted by atomic mass is 10.2. The lowest BCUT2D eigenvalue weighted by Crippen LogP contribution is -2.08. The van der Waals surface area contributed by atoms with Crippen molar-refractivity contribution in [3.63, 3.8) is 0 Å². The van der Waals surface area contributed by atoms with E-state index in [0.29, 0.717) is 23.8 Å². The van der Waals surface area contributed by atoms with Gasteiger partial charge >= 0.3 is 0 Å². The molecule has 0 saturated heterocycles. The zero-order chi connectivity index (χ0) is 12.0. The van der Waals surface area contributed by atoms with Crippen LogP contribution in [-0.4, -0.2) is 11.6 Å². The minimum Gasteiger partial charge on any atom is -0.493 e. The summed E-state index contributed by atoms with van der Waals surface area (Å²) in [4.78, 5) is 0.479. The van der Waals surface area contributed by atoms with Gasteiger partial charge in [0.2, 0.25) is 0 Å². The lowest BCUT2D eigenvalue weighted by Gasteiger charge is -2.05. The van der Waals surface area contributed by atoms with Crippen LogP contribution in [0.2, 0.25) is 0 Å². The number of halogens is 2. The minimum atomic E-state index is -0.902. The van der Waals surface area contributed by atoms with Crippen LogP contribution in [0, 0.1) is 11.6 Å². The maximum absolute atomic E-state index is 12.8. The Hall–Kier alpha value is -1.23. The highest BCUT2D eigenvalue weighted by atomic mass is 32.1. The molecule has 0 radical (unpaired) electrons. The van der Waals surface area contributed by atoms with Crippen molar-refractivity contribution >= 4 is 17.2 Å². The highest BCUT2D eigenvalue weighted by Gasteiger charge is 2.02. The molecular weight excluding hydrogens is 232 g/mol. The fourth-order valence-electron chi connectivity index (χ4n) is 1.16. The Bertz CT molecular complexity index is 371. The molecule has 0 aliphatic carbocycles. The average molecular weight is 245 g/mol. The third-order valence-electron chi connectivity index (χ3n) is 1.98. The number of hydrogen-bond acceptors (Lipinski definition) is 2. The van der Waals surface area contributed by atoms with Gasteiger partial charge in [0.25, 0.3) is 0 Å². The zero-order valence-electron chi connectivity index (χ0n) is 8.71. The predicted octanol–water partition coefficient (Wildman–Crippen LogP) is 2.80. The molecule has 0 saturated carbocycles. The molecule has 5 heteroatoms. The summed E-state index contributed by atoms with van der Waals surface area (Å²) in [7, 11) is 0. The first-order valence-corrected chi connectivity index (χ1v) is 5.36. The molecule has 1 rings (SSSR count). The Kier molecular flexibility index (Phi) is 5.11. The number of rotatable bonds is 6. The smallest absolute Gasteiger partial charge is 0.162 e. The highest BCUT2D eigenvalue weighted by Crippen LogP contribution is 2.15. The van der Waals surface area contributed by atoms with E-state index in [9.17, 15) is 8.78 Å². The Labute approximate surface area is 98.4 Å². The summed E-state index contributed by atoms with van der Waals surface area (Å²) >= 11 is 4.72. The maximum Gasteiger partial charge on any atom is 0.162 e. The van der Waals surface area contributed by atoms with Gasteiger partial charge in [-0.2, -0.15) is 0 Å².